The van der Waals surface area contributed by atoms with Crippen LogP contribution < -0.4 is 4.90 Å². The quantitative estimate of drug-likeness (QED) is 0.744. The topological polar surface area (TPSA) is 49.7 Å². The van der Waals surface area contributed by atoms with Gasteiger partial charge in [0.2, 0.25) is 0 Å². The van der Waals surface area contributed by atoms with E-state index in [-0.39, 0.29) is 17.2 Å². The smallest absolute Gasteiger partial charge is 0.164 e. The summed E-state index contributed by atoms with van der Waals surface area (Å²) in [6.07, 6.45) is 0. The van der Waals surface area contributed by atoms with Gasteiger partial charge in [-0.3, -0.25) is 4.99 Å². The Morgan fingerprint density at radius 3 is 2.59 bits per heavy atom. The lowest BCUT2D eigenvalue weighted by Crippen LogP contribution is -2.39. The number of halogens is 3. The molecule has 1 fully saturated rings. The summed E-state index contributed by atoms with van der Waals surface area (Å²) in [4.78, 5) is 6.14. The number of hydrogen-bond acceptors (Lipinski definition) is 5. The number of thioether (sulfide) groups is 1. The molecule has 2 atom stereocenters. The van der Waals surface area contributed by atoms with Gasteiger partial charge in [0.1, 0.15) is 11.6 Å². The van der Waals surface area contributed by atoms with Gasteiger partial charge in [-0.25, -0.2) is 17.2 Å². The van der Waals surface area contributed by atoms with Crippen molar-refractivity contribution in [3.8, 4) is 0 Å². The molecule has 2 aliphatic heterocycles. The average Bonchev–Trinajstić information content (AvgIpc) is 3.06. The molecule has 0 N–H and O–H groups in total. The lowest BCUT2D eigenvalue weighted by Gasteiger charge is -2.26. The molecule has 0 amide bonds. The molecule has 0 bridgehead atoms. The van der Waals surface area contributed by atoms with Gasteiger partial charge in [0.15, 0.2) is 15.0 Å². The van der Waals surface area contributed by atoms with Crippen molar-refractivity contribution in [2.45, 2.75) is 17.8 Å². The minimum Gasteiger partial charge on any atom is -0.312 e. The Hall–Kier alpha value is -1.64. The second kappa shape index (κ2) is 7.07. The molecule has 1 saturated heterocycles. The maximum absolute atomic E-state index is 14.4. The van der Waals surface area contributed by atoms with Crippen LogP contribution in [0.15, 0.2) is 47.5 Å². The van der Waals surface area contributed by atoms with Crippen molar-refractivity contribution >= 4 is 44.1 Å². The first-order valence-corrected chi connectivity index (χ1v) is 11.4. The standard InChI is InChI=1S/C18H15ClF2N2O2S2/c19-12-3-1-11(2-4-12)8-26-18-22-15-9-27(24,25)10-17(15)23(18)16-6-5-13(20)7-14(16)21/h1-7,15,17H,8-10H2/t15-,17-/m1/s1. The van der Waals surface area contributed by atoms with E-state index in [0.29, 0.717) is 15.9 Å². The Morgan fingerprint density at radius 2 is 1.89 bits per heavy atom. The van der Waals surface area contributed by atoms with Gasteiger partial charge in [-0.15, -0.1) is 0 Å². The highest BCUT2D eigenvalue weighted by Gasteiger charge is 2.47. The largest absolute Gasteiger partial charge is 0.312 e. The third-order valence-electron chi connectivity index (χ3n) is 4.56. The minimum atomic E-state index is -3.23. The maximum atomic E-state index is 14.4. The van der Waals surface area contributed by atoms with Crippen LogP contribution in [0.25, 0.3) is 0 Å². The third kappa shape index (κ3) is 3.83. The summed E-state index contributed by atoms with van der Waals surface area (Å²) < 4.78 is 51.8. The molecule has 0 unspecified atom stereocenters. The summed E-state index contributed by atoms with van der Waals surface area (Å²) in [5.74, 6) is -0.995. The average molecular weight is 429 g/mol. The number of sulfone groups is 1. The lowest BCUT2D eigenvalue weighted by atomic mass is 10.1. The van der Waals surface area contributed by atoms with Gasteiger partial charge < -0.3 is 4.90 Å². The van der Waals surface area contributed by atoms with Crippen LogP contribution in [0.1, 0.15) is 5.56 Å². The molecule has 2 heterocycles. The fourth-order valence-electron chi connectivity index (χ4n) is 3.32. The van der Waals surface area contributed by atoms with E-state index >= 15 is 0 Å². The summed E-state index contributed by atoms with van der Waals surface area (Å²) in [6.45, 7) is 0. The molecule has 0 aliphatic carbocycles. The van der Waals surface area contributed by atoms with E-state index in [1.807, 2.05) is 12.1 Å². The van der Waals surface area contributed by atoms with Gasteiger partial charge in [-0.1, -0.05) is 35.5 Å². The van der Waals surface area contributed by atoms with Crippen LogP contribution in [0, 0.1) is 11.6 Å². The summed E-state index contributed by atoms with van der Waals surface area (Å²) in [5, 5.41) is 1.18. The number of hydrogen-bond donors (Lipinski definition) is 0. The van der Waals surface area contributed by atoms with Gasteiger partial charge in [-0.2, -0.15) is 0 Å². The molecule has 27 heavy (non-hydrogen) atoms. The van der Waals surface area contributed by atoms with E-state index in [2.05, 4.69) is 4.99 Å². The SMILES string of the molecule is O=S1(=O)C[C@@H]2[C@@H](C1)N=C(SCc1ccc(Cl)cc1)N2c1ccc(F)cc1F. The Kier molecular flexibility index (Phi) is 4.90. The fraction of sp³-hybridized carbons (Fsp3) is 0.278. The number of anilines is 1. The summed E-state index contributed by atoms with van der Waals surface area (Å²) in [5.41, 5.74) is 1.15. The zero-order valence-electron chi connectivity index (χ0n) is 14.0. The summed E-state index contributed by atoms with van der Waals surface area (Å²) in [6, 6.07) is 9.73. The predicted molar refractivity (Wildman–Crippen MR) is 105 cm³/mol. The van der Waals surface area contributed by atoms with E-state index in [9.17, 15) is 17.2 Å². The molecule has 2 aromatic carbocycles. The Balaban J connectivity index is 1.64. The van der Waals surface area contributed by atoms with Crippen molar-refractivity contribution in [1.29, 1.82) is 0 Å². The third-order valence-corrected chi connectivity index (χ3v) is 7.55. The van der Waals surface area contributed by atoms with Crippen LogP contribution in [0.4, 0.5) is 14.5 Å². The first-order chi connectivity index (χ1) is 12.8. The van der Waals surface area contributed by atoms with Crippen molar-refractivity contribution in [2.24, 2.45) is 4.99 Å². The highest BCUT2D eigenvalue weighted by Crippen LogP contribution is 2.37. The van der Waals surface area contributed by atoms with E-state index in [1.54, 1.807) is 17.0 Å². The molecule has 0 radical (unpaired) electrons. The molecule has 9 heteroatoms. The Morgan fingerprint density at radius 1 is 1.15 bits per heavy atom. The number of nitrogens with zero attached hydrogens (tertiary/aromatic N) is 2. The van der Waals surface area contributed by atoms with Gasteiger partial charge in [-0.05, 0) is 29.8 Å². The Labute approximate surface area is 165 Å². The number of fused-ring (bicyclic) bond motifs is 1. The molecular weight excluding hydrogens is 414 g/mol. The van der Waals surface area contributed by atoms with Crippen LogP contribution in [0.3, 0.4) is 0 Å². The molecule has 2 aliphatic rings. The van der Waals surface area contributed by atoms with Gasteiger partial charge >= 0.3 is 0 Å². The second-order valence-electron chi connectivity index (χ2n) is 6.50. The van der Waals surface area contributed by atoms with Crippen LogP contribution in [-0.4, -0.2) is 37.2 Å². The molecule has 0 spiro atoms. The highest BCUT2D eigenvalue weighted by molar-refractivity contribution is 8.13. The van der Waals surface area contributed by atoms with E-state index in [0.717, 1.165) is 17.7 Å². The summed E-state index contributed by atoms with van der Waals surface area (Å²) >= 11 is 7.29. The van der Waals surface area contributed by atoms with Crippen LogP contribution in [0.2, 0.25) is 5.02 Å². The first-order valence-electron chi connectivity index (χ1n) is 8.22. The fourth-order valence-corrected chi connectivity index (χ4v) is 6.36. The molecule has 0 saturated carbocycles. The zero-order chi connectivity index (χ0) is 19.2. The number of amidine groups is 1. The maximum Gasteiger partial charge on any atom is 0.164 e. The minimum absolute atomic E-state index is 0.0536. The predicted octanol–water partition coefficient (Wildman–Crippen LogP) is 3.89. The van der Waals surface area contributed by atoms with Crippen molar-refractivity contribution in [3.63, 3.8) is 0 Å². The Bertz CT molecular complexity index is 1010. The molecular formula is C18H15ClF2N2O2S2. The molecule has 0 aromatic heterocycles. The molecule has 2 aromatic rings. The van der Waals surface area contributed by atoms with E-state index in [4.69, 9.17) is 11.6 Å². The van der Waals surface area contributed by atoms with Crippen molar-refractivity contribution in [2.75, 3.05) is 16.4 Å². The lowest BCUT2D eigenvalue weighted by molar-refractivity contribution is 0.577. The highest BCUT2D eigenvalue weighted by atomic mass is 35.5. The summed E-state index contributed by atoms with van der Waals surface area (Å²) in [7, 11) is -3.23. The monoisotopic (exact) mass is 428 g/mol. The van der Waals surface area contributed by atoms with Crippen LogP contribution in [0.5, 0.6) is 0 Å². The molecule has 4 rings (SSSR count). The molecule has 4 nitrogen and oxygen atoms in total. The number of benzene rings is 2. The second-order valence-corrected chi connectivity index (χ2v) is 10.0. The van der Waals surface area contributed by atoms with E-state index < -0.39 is 33.6 Å². The van der Waals surface area contributed by atoms with Crippen molar-refractivity contribution in [1.82, 2.24) is 0 Å². The van der Waals surface area contributed by atoms with Crippen LogP contribution >= 0.6 is 23.4 Å². The first kappa shape index (κ1) is 18.7. The number of rotatable bonds is 3. The van der Waals surface area contributed by atoms with Gasteiger partial charge in [0, 0.05) is 16.8 Å². The van der Waals surface area contributed by atoms with Crippen molar-refractivity contribution < 1.29 is 17.2 Å². The molecule has 142 valence electrons. The van der Waals surface area contributed by atoms with Gasteiger partial charge in [0.05, 0.1) is 29.3 Å². The van der Waals surface area contributed by atoms with Crippen molar-refractivity contribution in [3.05, 3.63) is 64.7 Å². The van der Waals surface area contributed by atoms with Gasteiger partial charge in [0.25, 0.3) is 0 Å². The van der Waals surface area contributed by atoms with Crippen LogP contribution in [-0.2, 0) is 15.6 Å². The zero-order valence-corrected chi connectivity index (χ0v) is 16.4. The normalized spacial score (nSPS) is 23.4. The number of aliphatic imine (C=N–C) groups is 1. The van der Waals surface area contributed by atoms with E-state index in [1.165, 1.54) is 17.8 Å².